The van der Waals surface area contributed by atoms with Gasteiger partial charge in [-0.1, -0.05) is 12.1 Å². The van der Waals surface area contributed by atoms with E-state index in [1.165, 1.54) is 19.2 Å². The first kappa shape index (κ1) is 15.2. The standard InChI is InChI=1S/C15H18FN3O2/c1-19-7-6-13(18-19)9-15(10-17,14(20)21-2)11-4-3-5-12(16)8-11/h3-8H,9-10,17H2,1-2H3. The Bertz CT molecular complexity index is 641. The maximum absolute atomic E-state index is 13.5. The van der Waals surface area contributed by atoms with Crippen molar-refractivity contribution < 1.29 is 13.9 Å². The van der Waals surface area contributed by atoms with Gasteiger partial charge >= 0.3 is 5.97 Å². The molecule has 2 aromatic rings. The molecule has 1 unspecified atom stereocenters. The van der Waals surface area contributed by atoms with Crippen molar-refractivity contribution in [1.29, 1.82) is 0 Å². The Morgan fingerprint density at radius 1 is 1.48 bits per heavy atom. The van der Waals surface area contributed by atoms with E-state index >= 15 is 0 Å². The van der Waals surface area contributed by atoms with Gasteiger partial charge in [-0.25, -0.2) is 4.39 Å². The van der Waals surface area contributed by atoms with E-state index in [0.717, 1.165) is 0 Å². The number of hydrogen-bond donors (Lipinski definition) is 1. The normalized spacial score (nSPS) is 13.7. The molecule has 0 bridgehead atoms. The van der Waals surface area contributed by atoms with Gasteiger partial charge in [0.25, 0.3) is 0 Å². The average molecular weight is 291 g/mol. The largest absolute Gasteiger partial charge is 0.468 e. The van der Waals surface area contributed by atoms with Crippen LogP contribution in [0.3, 0.4) is 0 Å². The van der Waals surface area contributed by atoms with Gasteiger partial charge in [-0.2, -0.15) is 5.10 Å². The molecule has 0 aliphatic heterocycles. The molecule has 0 radical (unpaired) electrons. The van der Waals surface area contributed by atoms with Crippen LogP contribution in [0.2, 0.25) is 0 Å². The highest BCUT2D eigenvalue weighted by molar-refractivity contribution is 5.84. The average Bonchev–Trinajstić information content (AvgIpc) is 2.89. The van der Waals surface area contributed by atoms with Crippen LogP contribution in [0.25, 0.3) is 0 Å². The maximum atomic E-state index is 13.5. The van der Waals surface area contributed by atoms with Gasteiger partial charge in [0.1, 0.15) is 11.2 Å². The summed E-state index contributed by atoms with van der Waals surface area (Å²) in [6, 6.07) is 7.66. The molecule has 2 N–H and O–H groups in total. The quantitative estimate of drug-likeness (QED) is 0.840. The van der Waals surface area contributed by atoms with Crippen molar-refractivity contribution in [2.24, 2.45) is 12.8 Å². The van der Waals surface area contributed by atoms with Crippen LogP contribution in [0, 0.1) is 5.82 Å². The zero-order valence-corrected chi connectivity index (χ0v) is 12.0. The number of carbonyl (C=O) groups is 1. The lowest BCUT2D eigenvalue weighted by Crippen LogP contribution is -2.46. The molecule has 0 fully saturated rings. The zero-order chi connectivity index (χ0) is 15.5. The summed E-state index contributed by atoms with van der Waals surface area (Å²) in [7, 11) is 3.08. The third-order valence-corrected chi connectivity index (χ3v) is 3.55. The Labute approximate surface area is 122 Å². The molecular weight excluding hydrogens is 273 g/mol. The molecular formula is C15H18FN3O2. The van der Waals surface area contributed by atoms with Crippen molar-refractivity contribution in [2.45, 2.75) is 11.8 Å². The molecule has 0 aliphatic carbocycles. The molecule has 1 aromatic carbocycles. The van der Waals surface area contributed by atoms with E-state index in [2.05, 4.69) is 5.10 Å². The summed E-state index contributed by atoms with van der Waals surface area (Å²) < 4.78 is 20.1. The number of methoxy groups -OCH3 is 1. The van der Waals surface area contributed by atoms with Crippen molar-refractivity contribution >= 4 is 5.97 Å². The molecule has 1 aromatic heterocycles. The number of nitrogens with two attached hydrogens (primary N) is 1. The molecule has 0 aliphatic rings. The van der Waals surface area contributed by atoms with Crippen LogP contribution in [-0.2, 0) is 28.4 Å². The third kappa shape index (κ3) is 2.95. The minimum atomic E-state index is -1.15. The van der Waals surface area contributed by atoms with Crippen LogP contribution >= 0.6 is 0 Å². The van der Waals surface area contributed by atoms with Crippen molar-refractivity contribution in [2.75, 3.05) is 13.7 Å². The van der Waals surface area contributed by atoms with Gasteiger partial charge in [0.05, 0.1) is 12.8 Å². The summed E-state index contributed by atoms with van der Waals surface area (Å²) in [6.07, 6.45) is 2.03. The lowest BCUT2D eigenvalue weighted by Gasteiger charge is -2.29. The highest BCUT2D eigenvalue weighted by Crippen LogP contribution is 2.29. The maximum Gasteiger partial charge on any atom is 0.317 e. The lowest BCUT2D eigenvalue weighted by atomic mass is 9.76. The molecule has 0 spiro atoms. The topological polar surface area (TPSA) is 70.1 Å². The van der Waals surface area contributed by atoms with Crippen LogP contribution < -0.4 is 5.73 Å². The molecule has 1 heterocycles. The number of ether oxygens (including phenoxy) is 1. The van der Waals surface area contributed by atoms with Gasteiger partial charge in [0.2, 0.25) is 0 Å². The smallest absolute Gasteiger partial charge is 0.317 e. The Kier molecular flexibility index (Phi) is 4.37. The number of aromatic nitrogens is 2. The summed E-state index contributed by atoms with van der Waals surface area (Å²) in [5, 5.41) is 4.27. The van der Waals surface area contributed by atoms with Crippen LogP contribution in [0.4, 0.5) is 4.39 Å². The Morgan fingerprint density at radius 3 is 2.76 bits per heavy atom. The van der Waals surface area contributed by atoms with E-state index in [-0.39, 0.29) is 13.0 Å². The second-order valence-corrected chi connectivity index (χ2v) is 4.95. The predicted molar refractivity (Wildman–Crippen MR) is 76.1 cm³/mol. The molecule has 6 heteroatoms. The molecule has 1 atom stereocenters. The molecule has 2 rings (SSSR count). The SMILES string of the molecule is COC(=O)C(CN)(Cc1ccn(C)n1)c1cccc(F)c1. The first-order valence-corrected chi connectivity index (χ1v) is 6.55. The van der Waals surface area contributed by atoms with Crippen molar-refractivity contribution in [3.05, 3.63) is 53.6 Å². The van der Waals surface area contributed by atoms with Gasteiger partial charge in [-0.05, 0) is 23.8 Å². The van der Waals surface area contributed by atoms with E-state index in [0.29, 0.717) is 11.3 Å². The summed E-state index contributed by atoms with van der Waals surface area (Å²) in [5.41, 5.74) is 5.90. The highest BCUT2D eigenvalue weighted by Gasteiger charge is 2.41. The summed E-state index contributed by atoms with van der Waals surface area (Å²) in [6.45, 7) is -0.000297. The number of benzene rings is 1. The molecule has 5 nitrogen and oxygen atoms in total. The molecule has 0 saturated heterocycles. The summed E-state index contributed by atoms with van der Waals surface area (Å²) in [5.74, 6) is -0.920. The first-order valence-electron chi connectivity index (χ1n) is 6.55. The van der Waals surface area contributed by atoms with Gasteiger partial charge < -0.3 is 10.5 Å². The van der Waals surface area contributed by atoms with Crippen LogP contribution in [-0.4, -0.2) is 29.4 Å². The number of halogens is 1. The predicted octanol–water partition coefficient (Wildman–Crippen LogP) is 1.17. The molecule has 21 heavy (non-hydrogen) atoms. The van der Waals surface area contributed by atoms with Crippen molar-refractivity contribution in [3.63, 3.8) is 0 Å². The van der Waals surface area contributed by atoms with Gasteiger partial charge in [-0.3, -0.25) is 9.48 Å². The Morgan fingerprint density at radius 2 is 2.24 bits per heavy atom. The lowest BCUT2D eigenvalue weighted by molar-refractivity contribution is -0.147. The van der Waals surface area contributed by atoms with Crippen molar-refractivity contribution in [3.8, 4) is 0 Å². The molecule has 0 saturated carbocycles. The fraction of sp³-hybridized carbons (Fsp3) is 0.333. The monoisotopic (exact) mass is 291 g/mol. The van der Waals surface area contributed by atoms with Crippen LogP contribution in [0.1, 0.15) is 11.3 Å². The fourth-order valence-corrected chi connectivity index (χ4v) is 2.41. The Balaban J connectivity index is 2.50. The van der Waals surface area contributed by atoms with Gasteiger partial charge in [0.15, 0.2) is 0 Å². The molecule has 112 valence electrons. The minimum absolute atomic E-state index is 0.000297. The third-order valence-electron chi connectivity index (χ3n) is 3.55. The number of nitrogens with zero attached hydrogens (tertiary/aromatic N) is 2. The summed E-state index contributed by atoms with van der Waals surface area (Å²) in [4.78, 5) is 12.3. The molecule has 0 amide bonds. The fourth-order valence-electron chi connectivity index (χ4n) is 2.41. The highest BCUT2D eigenvalue weighted by atomic mass is 19.1. The van der Waals surface area contributed by atoms with E-state index < -0.39 is 17.2 Å². The minimum Gasteiger partial charge on any atom is -0.468 e. The Hall–Kier alpha value is -2.21. The van der Waals surface area contributed by atoms with Crippen molar-refractivity contribution in [1.82, 2.24) is 9.78 Å². The number of carbonyl (C=O) groups excluding carboxylic acids is 1. The number of rotatable bonds is 5. The van der Waals surface area contributed by atoms with E-state index in [9.17, 15) is 9.18 Å². The number of hydrogen-bond acceptors (Lipinski definition) is 4. The second-order valence-electron chi connectivity index (χ2n) is 4.95. The van der Waals surface area contributed by atoms with Gasteiger partial charge in [0, 0.05) is 26.2 Å². The number of aryl methyl sites for hydroxylation is 1. The van der Waals surface area contributed by atoms with Crippen LogP contribution in [0.15, 0.2) is 36.5 Å². The summed E-state index contributed by atoms with van der Waals surface area (Å²) >= 11 is 0. The second kappa shape index (κ2) is 6.05. The van der Waals surface area contributed by atoms with Crippen LogP contribution in [0.5, 0.6) is 0 Å². The van der Waals surface area contributed by atoms with E-state index in [1.54, 1.807) is 36.1 Å². The number of esters is 1. The zero-order valence-electron chi connectivity index (χ0n) is 12.0. The first-order chi connectivity index (χ1) is 10.0. The van der Waals surface area contributed by atoms with E-state index in [4.69, 9.17) is 10.5 Å². The van der Waals surface area contributed by atoms with Gasteiger partial charge in [-0.15, -0.1) is 0 Å². The van der Waals surface area contributed by atoms with E-state index in [1.807, 2.05) is 0 Å².